The van der Waals surface area contributed by atoms with Crippen molar-refractivity contribution in [1.82, 2.24) is 5.06 Å². The number of methoxy groups -OCH3 is 1. The molecule has 0 spiro atoms. The molecule has 1 aliphatic rings. The van der Waals surface area contributed by atoms with Gasteiger partial charge < -0.3 is 9.57 Å². The Labute approximate surface area is 193 Å². The largest absolute Gasteiger partial charge is 0.497 e. The second-order valence-corrected chi connectivity index (χ2v) is 7.84. The highest BCUT2D eigenvalue weighted by atomic mass is 16.7. The standard InChI is InChI=1S/C19H17NO4.C8H10O/c1-13-2-4-14(5-3-13)12-15-6-8-16(9-7-15)19(23)24-20-17(21)10-11-18(20)22;1-7-3-5-8(9-2)6-4-7/h2-9H,10-12H2,1H3;3-6H,1-2H3. The second-order valence-electron chi connectivity index (χ2n) is 7.84. The van der Waals surface area contributed by atoms with Gasteiger partial charge in [-0.1, -0.05) is 59.7 Å². The number of carbonyl (C=O) groups is 3. The van der Waals surface area contributed by atoms with E-state index in [9.17, 15) is 14.4 Å². The van der Waals surface area contributed by atoms with Crippen LogP contribution >= 0.6 is 0 Å². The van der Waals surface area contributed by atoms with Crippen molar-refractivity contribution >= 4 is 17.8 Å². The Morgan fingerprint density at radius 2 is 1.21 bits per heavy atom. The van der Waals surface area contributed by atoms with Crippen LogP contribution in [0.25, 0.3) is 0 Å². The highest BCUT2D eigenvalue weighted by molar-refractivity contribution is 6.02. The quantitative estimate of drug-likeness (QED) is 0.527. The molecule has 0 unspecified atom stereocenters. The number of carbonyl (C=O) groups excluding carboxylic acids is 3. The molecule has 0 aromatic heterocycles. The molecule has 6 nitrogen and oxygen atoms in total. The fraction of sp³-hybridized carbons (Fsp3) is 0.222. The molecule has 3 aromatic carbocycles. The minimum Gasteiger partial charge on any atom is -0.497 e. The zero-order valence-electron chi connectivity index (χ0n) is 19.0. The van der Waals surface area contributed by atoms with Crippen LogP contribution in [0.2, 0.25) is 0 Å². The SMILES string of the molecule is COc1ccc(C)cc1.Cc1ccc(Cc2ccc(C(=O)ON3C(=O)CCC3=O)cc2)cc1. The Balaban J connectivity index is 0.000000286. The first-order valence-electron chi connectivity index (χ1n) is 10.7. The molecule has 0 radical (unpaired) electrons. The molecule has 0 saturated carbocycles. The highest BCUT2D eigenvalue weighted by Gasteiger charge is 2.33. The van der Waals surface area contributed by atoms with Gasteiger partial charge in [0.1, 0.15) is 5.75 Å². The van der Waals surface area contributed by atoms with Crippen molar-refractivity contribution in [2.24, 2.45) is 0 Å². The minimum atomic E-state index is -0.708. The summed E-state index contributed by atoms with van der Waals surface area (Å²) >= 11 is 0. The topological polar surface area (TPSA) is 72.9 Å². The van der Waals surface area contributed by atoms with Crippen LogP contribution in [0.1, 0.15) is 45.5 Å². The normalized spacial score (nSPS) is 12.8. The van der Waals surface area contributed by atoms with Crippen LogP contribution in [0.15, 0.2) is 72.8 Å². The lowest BCUT2D eigenvalue weighted by atomic mass is 10.0. The third kappa shape index (κ3) is 6.77. The van der Waals surface area contributed by atoms with Crippen molar-refractivity contribution in [3.05, 3.63) is 101 Å². The Kier molecular flexibility index (Phi) is 7.97. The highest BCUT2D eigenvalue weighted by Crippen LogP contribution is 2.16. The van der Waals surface area contributed by atoms with Gasteiger partial charge in [0.2, 0.25) is 0 Å². The fourth-order valence-corrected chi connectivity index (χ4v) is 3.17. The number of hydrogen-bond acceptors (Lipinski definition) is 5. The first kappa shape index (κ1) is 23.7. The molecule has 2 amide bonds. The molecule has 33 heavy (non-hydrogen) atoms. The van der Waals surface area contributed by atoms with Crippen molar-refractivity contribution in [1.29, 1.82) is 0 Å². The van der Waals surface area contributed by atoms with Crippen LogP contribution < -0.4 is 4.74 Å². The zero-order valence-corrected chi connectivity index (χ0v) is 19.0. The maximum Gasteiger partial charge on any atom is 0.363 e. The molecule has 1 heterocycles. The van der Waals surface area contributed by atoms with E-state index in [1.165, 1.54) is 16.7 Å². The summed E-state index contributed by atoms with van der Waals surface area (Å²) in [5, 5.41) is 0.558. The van der Waals surface area contributed by atoms with Gasteiger partial charge in [0, 0.05) is 12.8 Å². The van der Waals surface area contributed by atoms with Crippen LogP contribution in [0.4, 0.5) is 0 Å². The van der Waals surface area contributed by atoms with Gasteiger partial charge in [0.15, 0.2) is 0 Å². The van der Waals surface area contributed by atoms with Gasteiger partial charge in [0.25, 0.3) is 11.8 Å². The van der Waals surface area contributed by atoms with Gasteiger partial charge in [-0.15, -0.1) is 5.06 Å². The number of hydroxylamine groups is 2. The number of aryl methyl sites for hydroxylation is 2. The summed E-state index contributed by atoms with van der Waals surface area (Å²) in [6.45, 7) is 4.10. The lowest BCUT2D eigenvalue weighted by molar-refractivity contribution is -0.172. The minimum absolute atomic E-state index is 0.0849. The Morgan fingerprint density at radius 3 is 1.70 bits per heavy atom. The molecule has 0 N–H and O–H groups in total. The average molecular weight is 446 g/mol. The molecular weight excluding hydrogens is 418 g/mol. The van der Waals surface area contributed by atoms with Crippen molar-refractivity contribution in [2.45, 2.75) is 33.1 Å². The van der Waals surface area contributed by atoms with Crippen molar-refractivity contribution in [3.63, 3.8) is 0 Å². The second kappa shape index (κ2) is 11.1. The summed E-state index contributed by atoms with van der Waals surface area (Å²) in [7, 11) is 1.67. The third-order valence-corrected chi connectivity index (χ3v) is 5.16. The van der Waals surface area contributed by atoms with E-state index in [1.807, 2.05) is 43.3 Å². The Hall–Kier alpha value is -3.93. The van der Waals surface area contributed by atoms with Gasteiger partial charge in [-0.3, -0.25) is 9.59 Å². The lowest BCUT2D eigenvalue weighted by Crippen LogP contribution is -2.32. The van der Waals surface area contributed by atoms with E-state index in [0.717, 1.165) is 17.7 Å². The number of hydrogen-bond donors (Lipinski definition) is 0. The third-order valence-electron chi connectivity index (χ3n) is 5.16. The summed E-state index contributed by atoms with van der Waals surface area (Å²) in [6.07, 6.45) is 0.932. The predicted octanol–water partition coefficient (Wildman–Crippen LogP) is 4.81. The molecule has 1 fully saturated rings. The van der Waals surface area contributed by atoms with Crippen molar-refractivity contribution < 1.29 is 24.0 Å². The zero-order chi connectivity index (χ0) is 23.8. The number of amides is 2. The van der Waals surface area contributed by atoms with E-state index in [4.69, 9.17) is 9.57 Å². The first-order chi connectivity index (χ1) is 15.9. The van der Waals surface area contributed by atoms with Crippen LogP contribution in [-0.4, -0.2) is 30.0 Å². The van der Waals surface area contributed by atoms with E-state index < -0.39 is 17.8 Å². The van der Waals surface area contributed by atoms with Crippen molar-refractivity contribution in [2.75, 3.05) is 7.11 Å². The molecular formula is C27H27NO5. The smallest absolute Gasteiger partial charge is 0.363 e. The molecule has 6 heteroatoms. The van der Waals surface area contributed by atoms with E-state index in [2.05, 4.69) is 31.2 Å². The lowest BCUT2D eigenvalue weighted by Gasteiger charge is -2.12. The fourth-order valence-electron chi connectivity index (χ4n) is 3.17. The van der Waals surface area contributed by atoms with Gasteiger partial charge in [-0.05, 0) is 55.7 Å². The number of nitrogens with zero attached hydrogens (tertiary/aromatic N) is 1. The van der Waals surface area contributed by atoms with Crippen LogP contribution in [0.5, 0.6) is 5.75 Å². The molecule has 170 valence electrons. The molecule has 0 atom stereocenters. The summed E-state index contributed by atoms with van der Waals surface area (Å²) < 4.78 is 4.97. The summed E-state index contributed by atoms with van der Waals surface area (Å²) in [5.74, 6) is -0.755. The summed E-state index contributed by atoms with van der Waals surface area (Å²) in [6, 6.07) is 23.2. The van der Waals surface area contributed by atoms with E-state index >= 15 is 0 Å². The van der Waals surface area contributed by atoms with Crippen LogP contribution in [0, 0.1) is 13.8 Å². The van der Waals surface area contributed by atoms with E-state index in [0.29, 0.717) is 10.6 Å². The maximum atomic E-state index is 12.0. The van der Waals surface area contributed by atoms with E-state index in [-0.39, 0.29) is 12.8 Å². The number of benzene rings is 3. The molecule has 3 aromatic rings. The molecule has 4 rings (SSSR count). The van der Waals surface area contributed by atoms with Gasteiger partial charge in [-0.25, -0.2) is 4.79 Å². The van der Waals surface area contributed by atoms with Crippen LogP contribution in [0.3, 0.4) is 0 Å². The number of ether oxygens (including phenoxy) is 1. The number of imide groups is 1. The van der Waals surface area contributed by atoms with Crippen LogP contribution in [-0.2, 0) is 20.8 Å². The maximum absolute atomic E-state index is 12.0. The van der Waals surface area contributed by atoms with Gasteiger partial charge in [0.05, 0.1) is 12.7 Å². The number of rotatable bonds is 5. The molecule has 1 aliphatic heterocycles. The average Bonchev–Trinajstić information content (AvgIpc) is 3.14. The van der Waals surface area contributed by atoms with Crippen molar-refractivity contribution in [3.8, 4) is 5.75 Å². The monoisotopic (exact) mass is 445 g/mol. The molecule has 0 aliphatic carbocycles. The predicted molar refractivity (Wildman–Crippen MR) is 125 cm³/mol. The summed E-state index contributed by atoms with van der Waals surface area (Å²) in [4.78, 5) is 39.8. The Bertz CT molecular complexity index is 1090. The summed E-state index contributed by atoms with van der Waals surface area (Å²) in [5.41, 5.74) is 5.02. The molecule has 0 bridgehead atoms. The van der Waals surface area contributed by atoms with E-state index in [1.54, 1.807) is 19.2 Å². The first-order valence-corrected chi connectivity index (χ1v) is 10.7. The molecule has 1 saturated heterocycles. The van der Waals surface area contributed by atoms with Gasteiger partial charge >= 0.3 is 5.97 Å². The Morgan fingerprint density at radius 1 is 0.758 bits per heavy atom. The van der Waals surface area contributed by atoms with Gasteiger partial charge in [-0.2, -0.15) is 0 Å².